The maximum atomic E-state index is 10.8. The van der Waals surface area contributed by atoms with Gasteiger partial charge in [-0.3, -0.25) is 5.10 Å². The number of nitrogens with one attached hydrogen (secondary N) is 1. The molecule has 0 amide bonds. The van der Waals surface area contributed by atoms with Crippen LogP contribution in [0.4, 0.5) is 0 Å². The van der Waals surface area contributed by atoms with Crippen LogP contribution in [-0.4, -0.2) is 40.6 Å². The molecule has 0 spiro atoms. The second-order valence-corrected chi connectivity index (χ2v) is 4.95. The van der Waals surface area contributed by atoms with E-state index < -0.39 is 5.97 Å². The number of carboxylic acid groups (broad SMARTS) is 1. The highest BCUT2D eigenvalue weighted by atomic mass is 16.5. The summed E-state index contributed by atoms with van der Waals surface area (Å²) in [6.07, 6.45) is 2.13. The fraction of sp³-hybridized carbons (Fsp3) is 0.333. The summed E-state index contributed by atoms with van der Waals surface area (Å²) in [6.45, 7) is 1.44. The Labute approximate surface area is 121 Å². The van der Waals surface area contributed by atoms with Crippen molar-refractivity contribution in [1.29, 1.82) is 0 Å². The third kappa shape index (κ3) is 3.22. The molecule has 1 unspecified atom stereocenters. The van der Waals surface area contributed by atoms with E-state index in [0.717, 1.165) is 30.8 Å². The molecule has 3 rings (SSSR count). The molecular formula is C15H16N2O4. The Hall–Kier alpha value is -2.34. The quantitative estimate of drug-likeness (QED) is 0.902. The Bertz CT molecular complexity index is 615. The zero-order chi connectivity index (χ0) is 14.7. The number of aromatic nitrogens is 2. The summed E-state index contributed by atoms with van der Waals surface area (Å²) in [6, 6.07) is 8.95. The molecule has 0 bridgehead atoms. The van der Waals surface area contributed by atoms with Crippen LogP contribution in [0.2, 0.25) is 0 Å². The molecule has 110 valence electrons. The van der Waals surface area contributed by atoms with Crippen molar-refractivity contribution in [3.05, 3.63) is 36.0 Å². The average molecular weight is 288 g/mol. The van der Waals surface area contributed by atoms with Crippen LogP contribution < -0.4 is 4.74 Å². The highest BCUT2D eigenvalue weighted by Gasteiger charge is 2.15. The number of hydrogen-bond donors (Lipinski definition) is 2. The van der Waals surface area contributed by atoms with Crippen LogP contribution in [-0.2, 0) is 4.74 Å². The smallest absolute Gasteiger partial charge is 0.353 e. The zero-order valence-electron chi connectivity index (χ0n) is 11.4. The number of rotatable bonds is 4. The third-order valence-electron chi connectivity index (χ3n) is 3.38. The number of carboxylic acids is 1. The maximum Gasteiger partial charge on any atom is 0.353 e. The average Bonchev–Trinajstić information content (AvgIpc) is 2.99. The van der Waals surface area contributed by atoms with Crippen LogP contribution in [0.25, 0.3) is 11.3 Å². The van der Waals surface area contributed by atoms with E-state index in [-0.39, 0.29) is 11.8 Å². The van der Waals surface area contributed by atoms with Gasteiger partial charge in [0.15, 0.2) is 0 Å². The van der Waals surface area contributed by atoms with Gasteiger partial charge in [-0.25, -0.2) is 4.79 Å². The summed E-state index contributed by atoms with van der Waals surface area (Å²) < 4.78 is 11.2. The molecule has 0 radical (unpaired) electrons. The number of hydrogen-bond acceptors (Lipinski definition) is 4. The minimum atomic E-state index is -1.02. The van der Waals surface area contributed by atoms with E-state index in [1.807, 2.05) is 24.3 Å². The SMILES string of the molecule is O=C(O)c1cc(-c2ccc(OC3CCCOC3)cc2)n[nH]1. The number of aromatic carboxylic acids is 1. The Kier molecular flexibility index (Phi) is 3.87. The van der Waals surface area contributed by atoms with Crippen LogP contribution >= 0.6 is 0 Å². The second-order valence-electron chi connectivity index (χ2n) is 4.95. The first-order valence-corrected chi connectivity index (χ1v) is 6.86. The molecule has 21 heavy (non-hydrogen) atoms. The largest absolute Gasteiger partial charge is 0.488 e. The predicted molar refractivity (Wildman–Crippen MR) is 75.5 cm³/mol. The van der Waals surface area contributed by atoms with Gasteiger partial charge in [0.1, 0.15) is 17.5 Å². The lowest BCUT2D eigenvalue weighted by Crippen LogP contribution is -2.27. The van der Waals surface area contributed by atoms with Gasteiger partial charge in [-0.15, -0.1) is 0 Å². The highest BCUT2D eigenvalue weighted by Crippen LogP contribution is 2.23. The third-order valence-corrected chi connectivity index (χ3v) is 3.38. The molecule has 1 fully saturated rings. The molecule has 1 saturated heterocycles. The molecule has 1 aliphatic heterocycles. The van der Waals surface area contributed by atoms with Crippen LogP contribution in [0, 0.1) is 0 Å². The van der Waals surface area contributed by atoms with Crippen molar-refractivity contribution >= 4 is 5.97 Å². The number of H-pyrrole nitrogens is 1. The van der Waals surface area contributed by atoms with Gasteiger partial charge in [-0.05, 0) is 43.2 Å². The topological polar surface area (TPSA) is 84.4 Å². The Balaban J connectivity index is 1.69. The molecule has 0 aliphatic carbocycles. The van der Waals surface area contributed by atoms with Crippen molar-refractivity contribution in [3.8, 4) is 17.0 Å². The number of benzene rings is 1. The Morgan fingerprint density at radius 2 is 2.19 bits per heavy atom. The molecular weight excluding hydrogens is 272 g/mol. The molecule has 1 aliphatic rings. The predicted octanol–water partition coefficient (Wildman–Crippen LogP) is 2.33. The van der Waals surface area contributed by atoms with Gasteiger partial charge in [0, 0.05) is 12.2 Å². The molecule has 2 N–H and O–H groups in total. The maximum absolute atomic E-state index is 10.8. The summed E-state index contributed by atoms with van der Waals surface area (Å²) in [5.41, 5.74) is 1.51. The standard InChI is InChI=1S/C15H16N2O4/c18-15(19)14-8-13(16-17-14)10-3-5-11(6-4-10)21-12-2-1-7-20-9-12/h3-6,8,12H,1-2,7,9H2,(H,16,17)(H,18,19). The number of carbonyl (C=O) groups is 1. The first-order valence-electron chi connectivity index (χ1n) is 6.86. The summed E-state index contributed by atoms with van der Waals surface area (Å²) in [7, 11) is 0. The van der Waals surface area contributed by atoms with Gasteiger partial charge in [0.25, 0.3) is 0 Å². The van der Waals surface area contributed by atoms with E-state index in [1.54, 1.807) is 0 Å². The normalized spacial score (nSPS) is 18.4. The van der Waals surface area contributed by atoms with Crippen LogP contribution in [0.3, 0.4) is 0 Å². The van der Waals surface area contributed by atoms with Gasteiger partial charge in [-0.1, -0.05) is 0 Å². The van der Waals surface area contributed by atoms with Gasteiger partial charge >= 0.3 is 5.97 Å². The van der Waals surface area contributed by atoms with Crippen LogP contribution in [0.15, 0.2) is 30.3 Å². The zero-order valence-corrected chi connectivity index (χ0v) is 11.4. The second kappa shape index (κ2) is 5.97. The lowest BCUT2D eigenvalue weighted by molar-refractivity contribution is 0.00744. The van der Waals surface area contributed by atoms with E-state index in [9.17, 15) is 4.79 Å². The number of aromatic amines is 1. The van der Waals surface area contributed by atoms with E-state index in [0.29, 0.717) is 12.3 Å². The number of ether oxygens (including phenoxy) is 2. The van der Waals surface area contributed by atoms with Crippen molar-refractivity contribution in [3.63, 3.8) is 0 Å². The first-order chi connectivity index (χ1) is 10.2. The summed E-state index contributed by atoms with van der Waals surface area (Å²) in [5.74, 6) is -0.241. The fourth-order valence-corrected chi connectivity index (χ4v) is 2.28. The van der Waals surface area contributed by atoms with E-state index >= 15 is 0 Å². The van der Waals surface area contributed by atoms with E-state index in [4.69, 9.17) is 14.6 Å². The van der Waals surface area contributed by atoms with Gasteiger partial charge in [0.05, 0.1) is 12.3 Å². The lowest BCUT2D eigenvalue weighted by Gasteiger charge is -2.23. The molecule has 2 heterocycles. The first kappa shape index (κ1) is 13.6. The highest BCUT2D eigenvalue weighted by molar-refractivity contribution is 5.86. The van der Waals surface area contributed by atoms with E-state index in [1.165, 1.54) is 6.07 Å². The fourth-order valence-electron chi connectivity index (χ4n) is 2.28. The Morgan fingerprint density at radius 1 is 1.38 bits per heavy atom. The molecule has 1 aromatic heterocycles. The van der Waals surface area contributed by atoms with Crippen molar-refractivity contribution in [2.24, 2.45) is 0 Å². The molecule has 6 heteroatoms. The van der Waals surface area contributed by atoms with Gasteiger partial charge in [-0.2, -0.15) is 5.10 Å². The molecule has 2 aromatic rings. The van der Waals surface area contributed by atoms with Crippen molar-refractivity contribution in [1.82, 2.24) is 10.2 Å². The minimum absolute atomic E-state index is 0.0738. The Morgan fingerprint density at radius 3 is 2.81 bits per heavy atom. The summed E-state index contributed by atoms with van der Waals surface area (Å²) >= 11 is 0. The van der Waals surface area contributed by atoms with Gasteiger partial charge in [0.2, 0.25) is 0 Å². The van der Waals surface area contributed by atoms with Crippen LogP contribution in [0.5, 0.6) is 5.75 Å². The monoisotopic (exact) mass is 288 g/mol. The van der Waals surface area contributed by atoms with Crippen molar-refractivity contribution < 1.29 is 19.4 Å². The molecule has 6 nitrogen and oxygen atoms in total. The molecule has 1 aromatic carbocycles. The van der Waals surface area contributed by atoms with Crippen LogP contribution in [0.1, 0.15) is 23.3 Å². The number of nitrogens with zero attached hydrogens (tertiary/aromatic N) is 1. The van der Waals surface area contributed by atoms with Crippen molar-refractivity contribution in [2.45, 2.75) is 18.9 Å². The minimum Gasteiger partial charge on any atom is -0.488 e. The van der Waals surface area contributed by atoms with Crippen molar-refractivity contribution in [2.75, 3.05) is 13.2 Å². The summed E-state index contributed by atoms with van der Waals surface area (Å²) in [4.78, 5) is 10.8. The summed E-state index contributed by atoms with van der Waals surface area (Å²) in [5, 5.41) is 15.3. The molecule has 0 saturated carbocycles. The lowest BCUT2D eigenvalue weighted by atomic mass is 10.1. The van der Waals surface area contributed by atoms with Gasteiger partial charge < -0.3 is 14.6 Å². The van der Waals surface area contributed by atoms with E-state index in [2.05, 4.69) is 10.2 Å². The molecule has 1 atom stereocenters.